The van der Waals surface area contributed by atoms with Gasteiger partial charge in [-0.15, -0.1) is 0 Å². The van der Waals surface area contributed by atoms with Crippen LogP contribution in [0.15, 0.2) is 12.1 Å². The fourth-order valence-corrected chi connectivity index (χ4v) is 0.992. The highest BCUT2D eigenvalue weighted by Gasteiger charge is 2.09. The van der Waals surface area contributed by atoms with Gasteiger partial charge in [0.05, 0.1) is 13.7 Å². The first kappa shape index (κ1) is 9.92. The Morgan fingerprint density at radius 2 is 1.85 bits per heavy atom. The molecule has 4 heteroatoms. The zero-order chi connectivity index (χ0) is 9.84. The molecule has 0 fully saturated rings. The highest BCUT2D eigenvalue weighted by Crippen LogP contribution is 2.21. The lowest BCUT2D eigenvalue weighted by atomic mass is 10.2. The van der Waals surface area contributed by atoms with Gasteiger partial charge in [0.25, 0.3) is 0 Å². The van der Waals surface area contributed by atoms with Gasteiger partial charge in [-0.05, 0) is 6.07 Å². The van der Waals surface area contributed by atoms with E-state index >= 15 is 0 Å². The van der Waals surface area contributed by atoms with Crippen LogP contribution in [0.2, 0.25) is 0 Å². The molecule has 13 heavy (non-hydrogen) atoms. The van der Waals surface area contributed by atoms with E-state index in [2.05, 4.69) is 9.47 Å². The van der Waals surface area contributed by atoms with Crippen LogP contribution in [-0.2, 0) is 11.3 Å². The number of ether oxygens (including phenoxy) is 2. The first-order valence-corrected chi connectivity index (χ1v) is 3.70. The molecular weight excluding hydrogens is 178 g/mol. The molecule has 0 bridgehead atoms. The Morgan fingerprint density at radius 1 is 1.15 bits per heavy atom. The van der Waals surface area contributed by atoms with Crippen LogP contribution >= 0.6 is 0 Å². The van der Waals surface area contributed by atoms with Crippen molar-refractivity contribution in [3.63, 3.8) is 0 Å². The minimum absolute atomic E-state index is 0.0484. The monoisotopic (exact) mass is 188 g/mol. The highest BCUT2D eigenvalue weighted by molar-refractivity contribution is 5.30. The summed E-state index contributed by atoms with van der Waals surface area (Å²) in [5.74, 6) is -1.21. The standard InChI is InChI=1S/C9H10F2O2/c1-12-5-6-3-8(11)9(13-2)4-7(6)10/h3-4H,5H2,1-2H3. The van der Waals surface area contributed by atoms with Gasteiger partial charge >= 0.3 is 0 Å². The number of methoxy groups -OCH3 is 2. The van der Waals surface area contributed by atoms with E-state index in [0.717, 1.165) is 12.1 Å². The number of benzene rings is 1. The van der Waals surface area contributed by atoms with Gasteiger partial charge in [-0.3, -0.25) is 0 Å². The molecule has 0 atom stereocenters. The van der Waals surface area contributed by atoms with Crippen LogP contribution in [0.1, 0.15) is 5.56 Å². The smallest absolute Gasteiger partial charge is 0.165 e. The molecule has 0 radical (unpaired) electrons. The number of rotatable bonds is 3. The van der Waals surface area contributed by atoms with Crippen LogP contribution < -0.4 is 4.74 Å². The predicted molar refractivity (Wildman–Crippen MR) is 43.6 cm³/mol. The number of hydrogen-bond donors (Lipinski definition) is 0. The van der Waals surface area contributed by atoms with Crippen molar-refractivity contribution in [2.45, 2.75) is 6.61 Å². The summed E-state index contributed by atoms with van der Waals surface area (Å²) < 4.78 is 35.4. The second kappa shape index (κ2) is 4.18. The Balaban J connectivity index is 3.05. The third-order valence-corrected chi connectivity index (χ3v) is 1.62. The van der Waals surface area contributed by atoms with Gasteiger partial charge in [0.15, 0.2) is 11.6 Å². The maximum Gasteiger partial charge on any atom is 0.165 e. The molecular formula is C9H10F2O2. The Hall–Kier alpha value is -1.16. The summed E-state index contributed by atoms with van der Waals surface area (Å²) in [5, 5.41) is 0. The van der Waals surface area contributed by atoms with Crippen molar-refractivity contribution < 1.29 is 18.3 Å². The first-order valence-electron chi connectivity index (χ1n) is 3.70. The molecule has 1 aromatic carbocycles. The van der Waals surface area contributed by atoms with E-state index in [-0.39, 0.29) is 17.9 Å². The lowest BCUT2D eigenvalue weighted by Gasteiger charge is -2.05. The third-order valence-electron chi connectivity index (χ3n) is 1.62. The Bertz CT molecular complexity index is 300. The predicted octanol–water partition coefficient (Wildman–Crippen LogP) is 2.12. The second-order valence-electron chi connectivity index (χ2n) is 2.51. The van der Waals surface area contributed by atoms with E-state index in [1.54, 1.807) is 0 Å². The Kier molecular flexibility index (Phi) is 3.19. The highest BCUT2D eigenvalue weighted by atomic mass is 19.1. The van der Waals surface area contributed by atoms with Crippen LogP contribution in [-0.4, -0.2) is 14.2 Å². The van der Waals surface area contributed by atoms with E-state index < -0.39 is 11.6 Å². The van der Waals surface area contributed by atoms with Gasteiger partial charge in [0, 0.05) is 18.7 Å². The topological polar surface area (TPSA) is 18.5 Å². The van der Waals surface area contributed by atoms with Crippen LogP contribution in [0.4, 0.5) is 8.78 Å². The van der Waals surface area contributed by atoms with E-state index in [4.69, 9.17) is 0 Å². The summed E-state index contributed by atoms with van der Waals surface area (Å²) in [6.07, 6.45) is 0. The van der Waals surface area contributed by atoms with Crippen molar-refractivity contribution in [1.29, 1.82) is 0 Å². The second-order valence-corrected chi connectivity index (χ2v) is 2.51. The molecule has 0 saturated heterocycles. The van der Waals surface area contributed by atoms with Crippen molar-refractivity contribution in [1.82, 2.24) is 0 Å². The molecule has 2 nitrogen and oxygen atoms in total. The summed E-state index contributed by atoms with van der Waals surface area (Å²) in [6, 6.07) is 2.07. The molecule has 0 unspecified atom stereocenters. The molecule has 0 aliphatic rings. The Morgan fingerprint density at radius 3 is 2.38 bits per heavy atom. The molecule has 1 aromatic rings. The van der Waals surface area contributed by atoms with E-state index in [0.29, 0.717) is 0 Å². The quantitative estimate of drug-likeness (QED) is 0.723. The van der Waals surface area contributed by atoms with Crippen LogP contribution in [0, 0.1) is 11.6 Å². The van der Waals surface area contributed by atoms with Crippen LogP contribution in [0.25, 0.3) is 0 Å². The van der Waals surface area contributed by atoms with E-state index in [9.17, 15) is 8.78 Å². The van der Waals surface area contributed by atoms with Gasteiger partial charge in [-0.2, -0.15) is 0 Å². The lowest BCUT2D eigenvalue weighted by Crippen LogP contribution is -1.97. The first-order chi connectivity index (χ1) is 6.19. The maximum atomic E-state index is 13.1. The minimum atomic E-state index is -0.587. The molecule has 0 aliphatic carbocycles. The van der Waals surface area contributed by atoms with Crippen LogP contribution in [0.3, 0.4) is 0 Å². The molecule has 0 amide bonds. The van der Waals surface area contributed by atoms with Crippen molar-refractivity contribution in [2.75, 3.05) is 14.2 Å². The molecule has 0 heterocycles. The van der Waals surface area contributed by atoms with Crippen molar-refractivity contribution in [3.8, 4) is 5.75 Å². The zero-order valence-corrected chi connectivity index (χ0v) is 7.43. The fourth-order valence-electron chi connectivity index (χ4n) is 0.992. The van der Waals surface area contributed by atoms with Gasteiger partial charge in [-0.25, -0.2) is 8.78 Å². The van der Waals surface area contributed by atoms with Gasteiger partial charge < -0.3 is 9.47 Å². The molecule has 0 spiro atoms. The molecule has 0 N–H and O–H groups in total. The van der Waals surface area contributed by atoms with Crippen LogP contribution in [0.5, 0.6) is 5.75 Å². The summed E-state index contributed by atoms with van der Waals surface area (Å²) in [6.45, 7) is 0.0484. The molecule has 72 valence electrons. The SMILES string of the molecule is COCc1cc(F)c(OC)cc1F. The van der Waals surface area contributed by atoms with E-state index in [1.165, 1.54) is 14.2 Å². The summed E-state index contributed by atoms with van der Waals surface area (Å²) in [4.78, 5) is 0. The summed E-state index contributed by atoms with van der Waals surface area (Å²) >= 11 is 0. The largest absolute Gasteiger partial charge is 0.494 e. The maximum absolute atomic E-state index is 13.1. The molecule has 1 rings (SSSR count). The number of hydrogen-bond acceptors (Lipinski definition) is 2. The zero-order valence-electron chi connectivity index (χ0n) is 7.43. The molecule has 0 aromatic heterocycles. The van der Waals surface area contributed by atoms with Crippen molar-refractivity contribution >= 4 is 0 Å². The van der Waals surface area contributed by atoms with Crippen molar-refractivity contribution in [2.24, 2.45) is 0 Å². The van der Waals surface area contributed by atoms with Gasteiger partial charge in [0.2, 0.25) is 0 Å². The third kappa shape index (κ3) is 2.15. The van der Waals surface area contributed by atoms with Gasteiger partial charge in [0.1, 0.15) is 5.82 Å². The van der Waals surface area contributed by atoms with Gasteiger partial charge in [-0.1, -0.05) is 0 Å². The lowest BCUT2D eigenvalue weighted by molar-refractivity contribution is 0.181. The number of halogens is 2. The Labute approximate surface area is 75.1 Å². The molecule has 0 saturated carbocycles. The summed E-state index contributed by atoms with van der Waals surface area (Å²) in [5.41, 5.74) is 0.181. The average molecular weight is 188 g/mol. The minimum Gasteiger partial charge on any atom is -0.494 e. The average Bonchev–Trinajstić information content (AvgIpc) is 2.11. The molecule has 0 aliphatic heterocycles. The fraction of sp³-hybridized carbons (Fsp3) is 0.333. The van der Waals surface area contributed by atoms with Crippen molar-refractivity contribution in [3.05, 3.63) is 29.3 Å². The van der Waals surface area contributed by atoms with E-state index in [1.807, 2.05) is 0 Å². The summed E-state index contributed by atoms with van der Waals surface area (Å²) in [7, 11) is 2.70. The normalized spacial score (nSPS) is 10.2.